The van der Waals surface area contributed by atoms with Gasteiger partial charge >= 0.3 is 0 Å². The average Bonchev–Trinajstić information content (AvgIpc) is 2.95. The van der Waals surface area contributed by atoms with E-state index in [0.29, 0.717) is 18.0 Å². The molecule has 1 aliphatic rings. The molecule has 0 fully saturated rings. The van der Waals surface area contributed by atoms with Crippen molar-refractivity contribution in [1.29, 1.82) is 0 Å². The minimum absolute atomic E-state index is 0.0153. The maximum atomic E-state index is 13.1. The van der Waals surface area contributed by atoms with Crippen LogP contribution in [0.2, 0.25) is 0 Å². The van der Waals surface area contributed by atoms with E-state index >= 15 is 0 Å². The molecule has 2 aromatic rings. The van der Waals surface area contributed by atoms with Crippen molar-refractivity contribution >= 4 is 27.3 Å². The van der Waals surface area contributed by atoms with Crippen LogP contribution in [0.5, 0.6) is 5.75 Å². The Kier molecular flexibility index (Phi) is 5.41. The molecular weight excluding hydrogens is 364 g/mol. The summed E-state index contributed by atoms with van der Waals surface area (Å²) in [5.74, 6) is 0.178. The Bertz CT molecular complexity index is 943. The molecule has 0 spiro atoms. The zero-order valence-corrected chi connectivity index (χ0v) is 16.6. The molecule has 144 valence electrons. The summed E-state index contributed by atoms with van der Waals surface area (Å²) in [6.45, 7) is 3.92. The minimum Gasteiger partial charge on any atom is -0.492 e. The van der Waals surface area contributed by atoms with Gasteiger partial charge in [0.25, 0.3) is 0 Å². The minimum atomic E-state index is -3.67. The van der Waals surface area contributed by atoms with Gasteiger partial charge in [-0.3, -0.25) is 9.10 Å². The number of fused-ring (bicyclic) bond motifs is 1. The number of rotatable bonds is 6. The van der Waals surface area contributed by atoms with Crippen LogP contribution in [0.1, 0.15) is 19.4 Å². The van der Waals surface area contributed by atoms with Crippen molar-refractivity contribution in [3.63, 3.8) is 0 Å². The number of ether oxygens (including phenoxy) is 1. The first-order valence-electron chi connectivity index (χ1n) is 8.92. The summed E-state index contributed by atoms with van der Waals surface area (Å²) in [6.07, 6.45) is 1.86. The van der Waals surface area contributed by atoms with Crippen LogP contribution in [0.4, 0.5) is 11.4 Å². The molecule has 1 heterocycles. The highest BCUT2D eigenvalue weighted by molar-refractivity contribution is 7.92. The van der Waals surface area contributed by atoms with Gasteiger partial charge < -0.3 is 9.64 Å². The van der Waals surface area contributed by atoms with Crippen molar-refractivity contribution in [2.45, 2.75) is 26.3 Å². The van der Waals surface area contributed by atoms with Crippen LogP contribution in [0, 0.1) is 0 Å². The summed E-state index contributed by atoms with van der Waals surface area (Å²) in [5, 5.41) is 0. The zero-order chi connectivity index (χ0) is 19.6. The lowest BCUT2D eigenvalue weighted by Crippen LogP contribution is -2.45. The standard InChI is InChI=1S/C20H24N2O4S/c1-4-26-19-12-8-7-11-18(19)21(27(3,24)25)14-20(23)22-15(2)13-16-9-5-6-10-17(16)22/h5-12,15H,4,13-14H2,1-3H3/t15-/m1/s1. The number of sulfonamides is 1. The van der Waals surface area contributed by atoms with Gasteiger partial charge in [-0.2, -0.15) is 0 Å². The Hall–Kier alpha value is -2.54. The molecule has 27 heavy (non-hydrogen) atoms. The third-order valence-electron chi connectivity index (χ3n) is 4.59. The zero-order valence-electron chi connectivity index (χ0n) is 15.8. The van der Waals surface area contributed by atoms with Crippen LogP contribution >= 0.6 is 0 Å². The number of hydrogen-bond donors (Lipinski definition) is 0. The van der Waals surface area contributed by atoms with Gasteiger partial charge in [0.1, 0.15) is 12.3 Å². The van der Waals surface area contributed by atoms with Crippen LogP contribution in [0.3, 0.4) is 0 Å². The Morgan fingerprint density at radius 1 is 1.19 bits per heavy atom. The third kappa shape index (κ3) is 3.93. The molecule has 6 nitrogen and oxygen atoms in total. The fraction of sp³-hybridized carbons (Fsp3) is 0.350. The smallest absolute Gasteiger partial charge is 0.248 e. The van der Waals surface area contributed by atoms with E-state index in [0.717, 1.165) is 28.2 Å². The number of nitrogens with zero attached hydrogens (tertiary/aromatic N) is 2. The Morgan fingerprint density at radius 3 is 2.56 bits per heavy atom. The van der Waals surface area contributed by atoms with Crippen LogP contribution in [0.15, 0.2) is 48.5 Å². The Morgan fingerprint density at radius 2 is 1.85 bits per heavy atom. The number of carbonyl (C=O) groups excluding carboxylic acids is 1. The van der Waals surface area contributed by atoms with Crippen molar-refractivity contribution in [2.24, 2.45) is 0 Å². The first-order valence-corrected chi connectivity index (χ1v) is 10.8. The lowest BCUT2D eigenvalue weighted by molar-refractivity contribution is -0.117. The molecule has 3 rings (SSSR count). The molecule has 0 N–H and O–H groups in total. The van der Waals surface area contributed by atoms with E-state index in [1.165, 1.54) is 0 Å². The lowest BCUT2D eigenvalue weighted by Gasteiger charge is -2.28. The van der Waals surface area contributed by atoms with Gasteiger partial charge in [0.2, 0.25) is 15.9 Å². The molecule has 0 aromatic heterocycles. The van der Waals surface area contributed by atoms with Crippen molar-refractivity contribution in [3.8, 4) is 5.75 Å². The second-order valence-corrected chi connectivity index (χ2v) is 8.52. The largest absolute Gasteiger partial charge is 0.492 e. The molecule has 2 aromatic carbocycles. The number of carbonyl (C=O) groups is 1. The van der Waals surface area contributed by atoms with Crippen molar-refractivity contribution in [2.75, 3.05) is 28.6 Å². The molecule has 0 saturated carbocycles. The molecule has 0 bridgehead atoms. The van der Waals surface area contributed by atoms with Gasteiger partial charge in [0, 0.05) is 11.7 Å². The lowest BCUT2D eigenvalue weighted by atomic mass is 10.1. The molecule has 1 atom stereocenters. The first-order chi connectivity index (χ1) is 12.8. The normalized spacial score (nSPS) is 16.1. The molecule has 7 heteroatoms. The van der Waals surface area contributed by atoms with Crippen LogP contribution in [0.25, 0.3) is 0 Å². The third-order valence-corrected chi connectivity index (χ3v) is 5.72. The Balaban J connectivity index is 1.94. The average molecular weight is 388 g/mol. The summed E-state index contributed by atoms with van der Waals surface area (Å²) in [5.41, 5.74) is 2.32. The van der Waals surface area contributed by atoms with Crippen molar-refractivity contribution in [3.05, 3.63) is 54.1 Å². The second-order valence-electron chi connectivity index (χ2n) is 6.62. The van der Waals surface area contributed by atoms with Crippen LogP contribution < -0.4 is 13.9 Å². The number of amides is 1. The summed E-state index contributed by atoms with van der Waals surface area (Å²) in [4.78, 5) is 14.8. The van der Waals surface area contributed by atoms with Gasteiger partial charge in [-0.05, 0) is 44.0 Å². The number of hydrogen-bond acceptors (Lipinski definition) is 4. The van der Waals surface area contributed by atoms with E-state index in [9.17, 15) is 13.2 Å². The predicted molar refractivity (Wildman–Crippen MR) is 107 cm³/mol. The van der Waals surface area contributed by atoms with E-state index in [-0.39, 0.29) is 18.5 Å². The van der Waals surface area contributed by atoms with Crippen LogP contribution in [-0.2, 0) is 21.2 Å². The monoisotopic (exact) mass is 388 g/mol. The second kappa shape index (κ2) is 7.60. The topological polar surface area (TPSA) is 66.9 Å². The highest BCUT2D eigenvalue weighted by atomic mass is 32.2. The summed E-state index contributed by atoms with van der Waals surface area (Å²) < 4.78 is 31.6. The summed E-state index contributed by atoms with van der Waals surface area (Å²) in [7, 11) is -3.67. The fourth-order valence-electron chi connectivity index (χ4n) is 3.47. The maximum absolute atomic E-state index is 13.1. The van der Waals surface area contributed by atoms with E-state index in [1.807, 2.05) is 38.1 Å². The van der Waals surface area contributed by atoms with Crippen molar-refractivity contribution < 1.29 is 17.9 Å². The molecule has 1 aliphatic heterocycles. The van der Waals surface area contributed by atoms with E-state index < -0.39 is 10.0 Å². The van der Waals surface area contributed by atoms with E-state index in [1.54, 1.807) is 29.2 Å². The van der Waals surface area contributed by atoms with Crippen molar-refractivity contribution in [1.82, 2.24) is 0 Å². The molecule has 0 saturated heterocycles. The molecule has 0 radical (unpaired) electrons. The maximum Gasteiger partial charge on any atom is 0.248 e. The number of para-hydroxylation sites is 3. The highest BCUT2D eigenvalue weighted by Gasteiger charge is 2.33. The van der Waals surface area contributed by atoms with E-state index in [4.69, 9.17) is 4.74 Å². The van der Waals surface area contributed by atoms with Gasteiger partial charge in [0.05, 0.1) is 18.6 Å². The van der Waals surface area contributed by atoms with Gasteiger partial charge in [0.15, 0.2) is 0 Å². The predicted octanol–water partition coefficient (Wildman–Crippen LogP) is 2.83. The van der Waals surface area contributed by atoms with Crippen LogP contribution in [-0.4, -0.2) is 39.8 Å². The Labute approximate surface area is 160 Å². The number of anilines is 2. The molecular formula is C20H24N2O4S. The fourth-order valence-corrected chi connectivity index (χ4v) is 4.32. The molecule has 0 unspecified atom stereocenters. The number of benzene rings is 2. The summed E-state index contributed by atoms with van der Waals surface area (Å²) in [6, 6.07) is 14.6. The highest BCUT2D eigenvalue weighted by Crippen LogP contribution is 2.34. The SMILES string of the molecule is CCOc1ccccc1N(CC(=O)N1c2ccccc2C[C@H]1C)S(C)(=O)=O. The van der Waals surface area contributed by atoms with Gasteiger partial charge in [-0.15, -0.1) is 0 Å². The summed E-state index contributed by atoms with van der Waals surface area (Å²) >= 11 is 0. The van der Waals surface area contributed by atoms with E-state index in [2.05, 4.69) is 0 Å². The van der Waals surface area contributed by atoms with Gasteiger partial charge in [-0.25, -0.2) is 8.42 Å². The molecule has 0 aliphatic carbocycles. The van der Waals surface area contributed by atoms with Gasteiger partial charge in [-0.1, -0.05) is 30.3 Å². The quantitative estimate of drug-likeness (QED) is 0.763. The molecule has 1 amide bonds. The first kappa shape index (κ1) is 19.2.